The minimum Gasteiger partial charge on any atom is -0.507 e. The molecule has 6 heteroatoms. The minimum atomic E-state index is -0.208. The van der Waals surface area contributed by atoms with Crippen molar-refractivity contribution >= 4 is 12.1 Å². The smallest absolute Gasteiger partial charge is 0.244 e. The van der Waals surface area contributed by atoms with Gasteiger partial charge in [0.15, 0.2) is 11.4 Å². The number of rotatable bonds is 7. The summed E-state index contributed by atoms with van der Waals surface area (Å²) < 4.78 is 2.05. The molecule has 4 rings (SSSR count). The number of aromatic hydroxyl groups is 1. The number of para-hydroxylation sites is 1. The molecule has 154 valence electrons. The van der Waals surface area contributed by atoms with Crippen molar-refractivity contribution in [1.82, 2.24) is 10.4 Å². The van der Waals surface area contributed by atoms with E-state index in [-0.39, 0.29) is 18.1 Å². The van der Waals surface area contributed by atoms with Crippen LogP contribution in [0, 0.1) is 0 Å². The summed E-state index contributed by atoms with van der Waals surface area (Å²) in [5.74, 6) is -0.0926. The van der Waals surface area contributed by atoms with Crippen molar-refractivity contribution in [2.24, 2.45) is 5.10 Å². The highest BCUT2D eigenvalue weighted by molar-refractivity contribution is 5.85. The Kier molecular flexibility index (Phi) is 6.18. The number of phenols is 1. The van der Waals surface area contributed by atoms with Crippen LogP contribution >= 0.6 is 0 Å². The molecule has 0 aliphatic rings. The van der Waals surface area contributed by atoms with Crippen LogP contribution in [0.25, 0.3) is 22.5 Å². The number of nitrogens with one attached hydrogen (secondary N) is 2. The molecule has 1 heterocycles. The largest absolute Gasteiger partial charge is 0.507 e. The fraction of sp³-hybridized carbons (Fsp3) is 0.0800. The first kappa shape index (κ1) is 20.1. The Hall–Kier alpha value is -4.19. The summed E-state index contributed by atoms with van der Waals surface area (Å²) in [5, 5.41) is 13.7. The number of hydrogen-bond acceptors (Lipinski definition) is 3. The van der Waals surface area contributed by atoms with Crippen LogP contribution in [0.2, 0.25) is 0 Å². The third-order valence-electron chi connectivity index (χ3n) is 4.91. The van der Waals surface area contributed by atoms with Gasteiger partial charge < -0.3 is 5.11 Å². The number of imidazole rings is 1. The molecule has 0 saturated carbocycles. The van der Waals surface area contributed by atoms with Crippen molar-refractivity contribution in [2.75, 3.05) is 0 Å². The van der Waals surface area contributed by atoms with Gasteiger partial charge in [-0.1, -0.05) is 72.8 Å². The van der Waals surface area contributed by atoms with Gasteiger partial charge in [-0.2, -0.15) is 5.10 Å². The van der Waals surface area contributed by atoms with Gasteiger partial charge in [0.1, 0.15) is 5.75 Å². The molecule has 1 aromatic heterocycles. The van der Waals surface area contributed by atoms with Crippen molar-refractivity contribution in [3.63, 3.8) is 0 Å². The highest BCUT2D eigenvalue weighted by Gasteiger charge is 2.21. The average molecular weight is 411 g/mol. The van der Waals surface area contributed by atoms with E-state index in [9.17, 15) is 9.90 Å². The highest BCUT2D eigenvalue weighted by atomic mass is 16.3. The van der Waals surface area contributed by atoms with Crippen molar-refractivity contribution in [1.29, 1.82) is 0 Å². The average Bonchev–Trinajstić information content (AvgIpc) is 3.24. The standard InChI is InChI=1S/C25H22N4O2/c30-22-14-8-7-13-21(22)17-27-28-23(31)15-16-29-18-26-24(19-9-3-1-4-10-19)25(29)20-11-5-2-6-12-20/h1-14,17-18H,15-16H2,(H2,27,28,30,31)/p+1. The predicted octanol–water partition coefficient (Wildman–Crippen LogP) is 3.88. The number of carbonyl (C=O) groups is 1. The number of carbonyl (C=O) groups excluding carboxylic acids is 1. The highest BCUT2D eigenvalue weighted by Crippen LogP contribution is 2.27. The van der Waals surface area contributed by atoms with E-state index in [1.54, 1.807) is 24.3 Å². The molecule has 0 radical (unpaired) electrons. The Bertz CT molecular complexity index is 1180. The van der Waals surface area contributed by atoms with Crippen LogP contribution in [0.15, 0.2) is 96.4 Å². The Morgan fingerprint density at radius 2 is 1.58 bits per heavy atom. The normalized spacial score (nSPS) is 11.0. The fourth-order valence-corrected chi connectivity index (χ4v) is 3.37. The molecule has 3 aromatic carbocycles. The number of aromatic amines is 1. The second-order valence-electron chi connectivity index (χ2n) is 7.02. The first-order valence-corrected chi connectivity index (χ1v) is 10.0. The van der Waals surface area contributed by atoms with Gasteiger partial charge in [0.05, 0.1) is 19.2 Å². The number of phenolic OH excluding ortho intramolecular Hbond substituents is 1. The van der Waals surface area contributed by atoms with Gasteiger partial charge in [0.25, 0.3) is 0 Å². The number of nitrogens with zero attached hydrogens (tertiary/aromatic N) is 2. The van der Waals surface area contributed by atoms with E-state index in [2.05, 4.69) is 39.8 Å². The third kappa shape index (κ3) is 4.87. The van der Waals surface area contributed by atoms with Crippen LogP contribution in [-0.4, -0.2) is 22.2 Å². The van der Waals surface area contributed by atoms with Crippen LogP contribution in [0.5, 0.6) is 5.75 Å². The first-order chi connectivity index (χ1) is 15.2. The van der Waals surface area contributed by atoms with Crippen LogP contribution in [-0.2, 0) is 11.3 Å². The Balaban J connectivity index is 1.49. The lowest BCUT2D eigenvalue weighted by molar-refractivity contribution is -0.683. The molecular weight excluding hydrogens is 388 g/mol. The van der Waals surface area contributed by atoms with Crippen LogP contribution in [0.3, 0.4) is 0 Å². The molecule has 0 fully saturated rings. The molecule has 0 saturated heterocycles. The Morgan fingerprint density at radius 1 is 0.935 bits per heavy atom. The summed E-state index contributed by atoms with van der Waals surface area (Å²) in [7, 11) is 0. The molecule has 0 aliphatic heterocycles. The maximum Gasteiger partial charge on any atom is 0.244 e. The van der Waals surface area contributed by atoms with E-state index >= 15 is 0 Å². The SMILES string of the molecule is O=C(CC[n+]1c[nH]c(-c2ccccc2)c1-c1ccccc1)NN=Cc1ccccc1O. The summed E-state index contributed by atoms with van der Waals surface area (Å²) >= 11 is 0. The van der Waals surface area contributed by atoms with E-state index in [4.69, 9.17) is 0 Å². The topological polar surface area (TPSA) is 81.4 Å². The monoisotopic (exact) mass is 411 g/mol. The second-order valence-corrected chi connectivity index (χ2v) is 7.02. The zero-order valence-electron chi connectivity index (χ0n) is 16.9. The summed E-state index contributed by atoms with van der Waals surface area (Å²) in [4.78, 5) is 15.7. The quantitative estimate of drug-likeness (QED) is 0.245. The van der Waals surface area contributed by atoms with Gasteiger partial charge in [0, 0.05) is 16.7 Å². The van der Waals surface area contributed by atoms with Crippen molar-refractivity contribution in [3.05, 3.63) is 96.8 Å². The van der Waals surface area contributed by atoms with E-state index in [1.807, 2.05) is 47.3 Å². The van der Waals surface area contributed by atoms with E-state index in [0.717, 1.165) is 22.5 Å². The maximum absolute atomic E-state index is 12.3. The van der Waals surface area contributed by atoms with E-state index < -0.39 is 0 Å². The van der Waals surface area contributed by atoms with Crippen LogP contribution in [0.1, 0.15) is 12.0 Å². The molecule has 0 atom stereocenters. The summed E-state index contributed by atoms with van der Waals surface area (Å²) in [5.41, 5.74) is 7.25. The molecule has 6 nitrogen and oxygen atoms in total. The number of hydrogen-bond donors (Lipinski definition) is 3. The van der Waals surface area contributed by atoms with Gasteiger partial charge in [0.2, 0.25) is 12.2 Å². The fourth-order valence-electron chi connectivity index (χ4n) is 3.37. The van der Waals surface area contributed by atoms with Gasteiger partial charge in [-0.15, -0.1) is 0 Å². The van der Waals surface area contributed by atoms with E-state index in [0.29, 0.717) is 12.1 Å². The third-order valence-corrected chi connectivity index (χ3v) is 4.91. The molecule has 31 heavy (non-hydrogen) atoms. The number of hydrazone groups is 1. The van der Waals surface area contributed by atoms with Crippen molar-refractivity contribution in [2.45, 2.75) is 13.0 Å². The minimum absolute atomic E-state index is 0.115. The molecule has 0 unspecified atom stereocenters. The number of amides is 1. The van der Waals surface area contributed by atoms with Crippen LogP contribution < -0.4 is 9.99 Å². The van der Waals surface area contributed by atoms with Gasteiger partial charge in [-0.3, -0.25) is 4.79 Å². The molecule has 0 aliphatic carbocycles. The summed E-state index contributed by atoms with van der Waals surface area (Å²) in [6.45, 7) is 0.492. The molecule has 0 bridgehead atoms. The summed E-state index contributed by atoms with van der Waals surface area (Å²) in [6, 6.07) is 27.0. The molecule has 4 aromatic rings. The van der Waals surface area contributed by atoms with Gasteiger partial charge >= 0.3 is 0 Å². The van der Waals surface area contributed by atoms with Crippen molar-refractivity contribution in [3.8, 4) is 28.3 Å². The van der Waals surface area contributed by atoms with Crippen molar-refractivity contribution < 1.29 is 14.5 Å². The van der Waals surface area contributed by atoms with Gasteiger partial charge in [-0.25, -0.2) is 15.0 Å². The first-order valence-electron chi connectivity index (χ1n) is 10.0. The summed E-state index contributed by atoms with van der Waals surface area (Å²) in [6.07, 6.45) is 3.58. The van der Waals surface area contributed by atoms with Crippen LogP contribution in [0.4, 0.5) is 0 Å². The Morgan fingerprint density at radius 3 is 2.29 bits per heavy atom. The number of H-pyrrole nitrogens is 1. The number of aromatic nitrogens is 2. The number of benzene rings is 3. The molecule has 0 spiro atoms. The second kappa shape index (κ2) is 9.54. The zero-order valence-corrected chi connectivity index (χ0v) is 16.9. The molecular formula is C25H23N4O2+. The lowest BCUT2D eigenvalue weighted by Gasteiger charge is -2.05. The lowest BCUT2D eigenvalue weighted by atomic mass is 10.0. The zero-order chi connectivity index (χ0) is 21.5. The number of aryl methyl sites for hydroxylation is 1. The maximum atomic E-state index is 12.3. The predicted molar refractivity (Wildman–Crippen MR) is 120 cm³/mol. The Labute approximate surface area is 180 Å². The van der Waals surface area contributed by atoms with E-state index in [1.165, 1.54) is 6.21 Å². The lowest BCUT2D eigenvalue weighted by Crippen LogP contribution is -2.36. The van der Waals surface area contributed by atoms with Gasteiger partial charge in [-0.05, 0) is 12.1 Å². The molecule has 3 N–H and O–H groups in total. The molecule has 1 amide bonds.